The van der Waals surface area contributed by atoms with E-state index in [1.165, 1.54) is 0 Å². The second-order valence-electron chi connectivity index (χ2n) is 6.19. The van der Waals surface area contributed by atoms with Crippen LogP contribution in [0.15, 0.2) is 28.8 Å². The number of primary amides is 1. The van der Waals surface area contributed by atoms with Crippen molar-refractivity contribution in [2.24, 2.45) is 11.7 Å². The van der Waals surface area contributed by atoms with Crippen molar-refractivity contribution in [3.8, 4) is 11.4 Å². The van der Waals surface area contributed by atoms with Gasteiger partial charge in [-0.3, -0.25) is 4.79 Å². The molecule has 1 unspecified atom stereocenters. The molecule has 0 bridgehead atoms. The number of amides is 3. The van der Waals surface area contributed by atoms with Crippen molar-refractivity contribution in [2.75, 3.05) is 19.6 Å². The third-order valence-electron chi connectivity index (χ3n) is 4.30. The Balaban J connectivity index is 1.48. The number of nitrogens with two attached hydrogens (primary N) is 1. The summed E-state index contributed by atoms with van der Waals surface area (Å²) in [6.07, 6.45) is 1.92. The maximum atomic E-state index is 12.2. The summed E-state index contributed by atoms with van der Waals surface area (Å²) in [7, 11) is 0. The lowest BCUT2D eigenvalue weighted by Crippen LogP contribution is -2.48. The van der Waals surface area contributed by atoms with Gasteiger partial charge in [-0.05, 0) is 37.1 Å². The zero-order chi connectivity index (χ0) is 18.5. The average Bonchev–Trinajstić information content (AvgIpc) is 3.11. The zero-order valence-electron chi connectivity index (χ0n) is 14.2. The molecule has 1 aliphatic heterocycles. The van der Waals surface area contributed by atoms with Crippen LogP contribution >= 0.6 is 11.6 Å². The van der Waals surface area contributed by atoms with E-state index in [0.717, 1.165) is 18.4 Å². The summed E-state index contributed by atoms with van der Waals surface area (Å²) in [5, 5.41) is 7.37. The molecule has 1 fully saturated rings. The molecular weight excluding hydrogens is 358 g/mol. The van der Waals surface area contributed by atoms with Gasteiger partial charge in [-0.1, -0.05) is 16.8 Å². The van der Waals surface area contributed by atoms with E-state index in [2.05, 4.69) is 15.5 Å². The van der Waals surface area contributed by atoms with Gasteiger partial charge >= 0.3 is 6.03 Å². The highest BCUT2D eigenvalue weighted by Gasteiger charge is 2.26. The fourth-order valence-corrected chi connectivity index (χ4v) is 2.98. The second kappa shape index (κ2) is 8.18. The number of aromatic nitrogens is 2. The van der Waals surface area contributed by atoms with Crippen molar-refractivity contribution < 1.29 is 14.1 Å². The molecule has 2 aromatic rings. The maximum absolute atomic E-state index is 12.2. The molecule has 9 heteroatoms. The first-order chi connectivity index (χ1) is 12.5. The number of piperidine rings is 1. The monoisotopic (exact) mass is 377 g/mol. The highest BCUT2D eigenvalue weighted by molar-refractivity contribution is 6.30. The van der Waals surface area contributed by atoms with Gasteiger partial charge in [0.2, 0.25) is 17.6 Å². The summed E-state index contributed by atoms with van der Waals surface area (Å²) in [4.78, 5) is 29.4. The van der Waals surface area contributed by atoms with Crippen LogP contribution in [-0.4, -0.2) is 46.6 Å². The number of carbonyl (C=O) groups excluding carboxylic acids is 2. The maximum Gasteiger partial charge on any atom is 0.317 e. The van der Waals surface area contributed by atoms with Crippen molar-refractivity contribution in [3.63, 3.8) is 0 Å². The number of likely N-dealkylation sites (tertiary alicyclic amines) is 1. The van der Waals surface area contributed by atoms with Gasteiger partial charge in [0.25, 0.3) is 0 Å². The Kier molecular flexibility index (Phi) is 5.72. The van der Waals surface area contributed by atoms with Crippen LogP contribution in [0.3, 0.4) is 0 Å². The fourth-order valence-electron chi connectivity index (χ4n) is 2.85. The SMILES string of the molecule is NC(=O)C1CCCN(C(=O)NCCc2nc(-c3ccc(Cl)cc3)no2)C1. The van der Waals surface area contributed by atoms with Crippen LogP contribution in [0.4, 0.5) is 4.79 Å². The Hall–Kier alpha value is -2.61. The van der Waals surface area contributed by atoms with Crippen molar-refractivity contribution in [3.05, 3.63) is 35.2 Å². The van der Waals surface area contributed by atoms with Crippen molar-refractivity contribution >= 4 is 23.5 Å². The van der Waals surface area contributed by atoms with Crippen molar-refractivity contribution in [1.82, 2.24) is 20.4 Å². The lowest BCUT2D eigenvalue weighted by atomic mass is 9.98. The van der Waals surface area contributed by atoms with Gasteiger partial charge in [0.05, 0.1) is 5.92 Å². The molecule has 0 spiro atoms. The number of rotatable bonds is 5. The zero-order valence-corrected chi connectivity index (χ0v) is 14.9. The Morgan fingerprint density at radius 1 is 1.35 bits per heavy atom. The van der Waals surface area contributed by atoms with E-state index in [4.69, 9.17) is 21.9 Å². The molecule has 0 saturated carbocycles. The molecule has 3 amide bonds. The second-order valence-corrected chi connectivity index (χ2v) is 6.62. The van der Waals surface area contributed by atoms with Gasteiger partial charge in [0.15, 0.2) is 0 Å². The van der Waals surface area contributed by atoms with Crippen LogP contribution in [0.5, 0.6) is 0 Å². The highest BCUT2D eigenvalue weighted by Crippen LogP contribution is 2.19. The molecule has 1 aromatic carbocycles. The molecule has 138 valence electrons. The molecule has 1 aromatic heterocycles. The number of nitrogens with zero attached hydrogens (tertiary/aromatic N) is 3. The largest absolute Gasteiger partial charge is 0.369 e. The molecule has 3 N–H and O–H groups in total. The van der Waals surface area contributed by atoms with E-state index in [1.54, 1.807) is 17.0 Å². The van der Waals surface area contributed by atoms with Gasteiger partial charge in [-0.15, -0.1) is 0 Å². The average molecular weight is 378 g/mol. The van der Waals surface area contributed by atoms with E-state index in [9.17, 15) is 9.59 Å². The highest BCUT2D eigenvalue weighted by atomic mass is 35.5. The smallest absolute Gasteiger partial charge is 0.317 e. The predicted molar refractivity (Wildman–Crippen MR) is 95.3 cm³/mol. The summed E-state index contributed by atoms with van der Waals surface area (Å²) in [5.41, 5.74) is 6.14. The molecule has 3 rings (SSSR count). The van der Waals surface area contributed by atoms with Crippen LogP contribution in [0.2, 0.25) is 5.02 Å². The molecule has 1 atom stereocenters. The fraction of sp³-hybridized carbons (Fsp3) is 0.412. The quantitative estimate of drug-likeness (QED) is 0.825. The Morgan fingerprint density at radius 3 is 2.85 bits per heavy atom. The van der Waals surface area contributed by atoms with Crippen molar-refractivity contribution in [2.45, 2.75) is 19.3 Å². The Morgan fingerprint density at radius 2 is 2.12 bits per heavy atom. The lowest BCUT2D eigenvalue weighted by Gasteiger charge is -2.31. The summed E-state index contributed by atoms with van der Waals surface area (Å²) in [6.45, 7) is 1.35. The predicted octanol–water partition coefficient (Wildman–Crippen LogP) is 1.84. The van der Waals surface area contributed by atoms with Gasteiger partial charge < -0.3 is 20.5 Å². The third kappa shape index (κ3) is 4.51. The van der Waals surface area contributed by atoms with Crippen LogP contribution in [-0.2, 0) is 11.2 Å². The molecule has 1 aliphatic rings. The van der Waals surface area contributed by atoms with E-state index in [1.807, 2.05) is 12.1 Å². The number of carbonyl (C=O) groups is 2. The molecule has 0 aliphatic carbocycles. The number of urea groups is 1. The topological polar surface area (TPSA) is 114 Å². The minimum atomic E-state index is -0.358. The number of hydrogen-bond donors (Lipinski definition) is 2. The first-order valence-corrected chi connectivity index (χ1v) is 8.81. The van der Waals surface area contributed by atoms with Gasteiger partial charge in [-0.2, -0.15) is 4.98 Å². The molecule has 0 radical (unpaired) electrons. The number of hydrogen-bond acceptors (Lipinski definition) is 5. The third-order valence-corrected chi connectivity index (χ3v) is 4.55. The minimum absolute atomic E-state index is 0.214. The van der Waals surface area contributed by atoms with Gasteiger partial charge in [0.1, 0.15) is 0 Å². The summed E-state index contributed by atoms with van der Waals surface area (Å²) < 4.78 is 5.20. The van der Waals surface area contributed by atoms with E-state index in [-0.39, 0.29) is 17.9 Å². The van der Waals surface area contributed by atoms with Crippen LogP contribution in [0.25, 0.3) is 11.4 Å². The normalized spacial score (nSPS) is 17.1. The van der Waals surface area contributed by atoms with Crippen molar-refractivity contribution in [1.29, 1.82) is 0 Å². The molecule has 2 heterocycles. The Labute approximate surface area is 155 Å². The first-order valence-electron chi connectivity index (χ1n) is 8.43. The molecule has 26 heavy (non-hydrogen) atoms. The first kappa shape index (κ1) is 18.2. The summed E-state index contributed by atoms with van der Waals surface area (Å²) in [5.74, 6) is 0.280. The number of nitrogens with one attached hydrogen (secondary N) is 1. The van der Waals surface area contributed by atoms with Gasteiger partial charge in [0, 0.05) is 36.6 Å². The van der Waals surface area contributed by atoms with Crippen LogP contribution in [0, 0.1) is 5.92 Å². The molecule has 1 saturated heterocycles. The van der Waals surface area contributed by atoms with Gasteiger partial charge in [-0.25, -0.2) is 4.79 Å². The van der Waals surface area contributed by atoms with Crippen LogP contribution in [0.1, 0.15) is 18.7 Å². The summed E-state index contributed by atoms with van der Waals surface area (Å²) in [6, 6.07) is 6.92. The summed E-state index contributed by atoms with van der Waals surface area (Å²) >= 11 is 5.86. The standard InChI is InChI=1S/C17H20ClN5O3/c18-13-5-3-11(4-6-13)16-21-14(26-22-16)7-8-20-17(25)23-9-1-2-12(10-23)15(19)24/h3-6,12H,1-2,7-10H2,(H2,19,24)(H,20,25). The van der Waals surface area contributed by atoms with E-state index >= 15 is 0 Å². The van der Waals surface area contributed by atoms with E-state index in [0.29, 0.717) is 42.8 Å². The Bertz CT molecular complexity index is 777. The molecule has 8 nitrogen and oxygen atoms in total. The van der Waals surface area contributed by atoms with E-state index < -0.39 is 0 Å². The van der Waals surface area contributed by atoms with Crippen LogP contribution < -0.4 is 11.1 Å². The number of benzene rings is 1. The number of halogens is 1. The molecular formula is C17H20ClN5O3. The lowest BCUT2D eigenvalue weighted by molar-refractivity contribution is -0.123. The minimum Gasteiger partial charge on any atom is -0.369 e.